The molecule has 1 aliphatic heterocycles. The van der Waals surface area contributed by atoms with Crippen molar-refractivity contribution in [3.05, 3.63) is 39.6 Å². The van der Waals surface area contributed by atoms with Crippen molar-refractivity contribution in [2.45, 2.75) is 31.5 Å². The van der Waals surface area contributed by atoms with Gasteiger partial charge in [0.1, 0.15) is 21.8 Å². The Bertz CT molecular complexity index is 934. The second-order valence-corrected chi connectivity index (χ2v) is 6.59. The van der Waals surface area contributed by atoms with Crippen LogP contribution in [-0.2, 0) is 19.1 Å². The standard InChI is InChI=1S/C13H9BrClF3N6/c14-9-8-10(15)19-2-4-24(8)11(20-9)6-1-3-23-7(5-6)21-22-12(23)13(16,17)18/h2,4,6H,1,3,5H2. The van der Waals surface area contributed by atoms with Crippen LogP contribution in [0.4, 0.5) is 13.2 Å². The van der Waals surface area contributed by atoms with Crippen LogP contribution in [0.15, 0.2) is 17.0 Å². The van der Waals surface area contributed by atoms with Crippen molar-refractivity contribution in [3.8, 4) is 0 Å². The Balaban J connectivity index is 1.74. The SMILES string of the molecule is FC(F)(F)c1nnc2n1CCC(c1nc(Br)c3c(Cl)nccn13)C2. The lowest BCUT2D eigenvalue weighted by atomic mass is 9.97. The smallest absolute Gasteiger partial charge is 0.307 e. The van der Waals surface area contributed by atoms with Crippen molar-refractivity contribution in [1.82, 2.24) is 29.1 Å². The van der Waals surface area contributed by atoms with Crippen molar-refractivity contribution >= 4 is 33.0 Å². The molecule has 6 nitrogen and oxygen atoms in total. The fourth-order valence-electron chi connectivity index (χ4n) is 3.03. The normalized spacial score (nSPS) is 18.1. The second-order valence-electron chi connectivity index (χ2n) is 5.48. The number of rotatable bonds is 1. The first kappa shape index (κ1) is 15.8. The molecule has 4 heterocycles. The highest BCUT2D eigenvalue weighted by Crippen LogP contribution is 2.35. The topological polar surface area (TPSA) is 60.9 Å². The summed E-state index contributed by atoms with van der Waals surface area (Å²) in [6, 6.07) is 0. The van der Waals surface area contributed by atoms with E-state index in [-0.39, 0.29) is 12.5 Å². The van der Waals surface area contributed by atoms with Crippen molar-refractivity contribution in [1.29, 1.82) is 0 Å². The second kappa shape index (κ2) is 5.41. The minimum atomic E-state index is -4.50. The van der Waals surface area contributed by atoms with Crippen molar-refractivity contribution < 1.29 is 13.2 Å². The molecule has 0 aliphatic carbocycles. The van der Waals surface area contributed by atoms with Gasteiger partial charge in [0.15, 0.2) is 5.15 Å². The summed E-state index contributed by atoms with van der Waals surface area (Å²) >= 11 is 9.45. The fourth-order valence-corrected chi connectivity index (χ4v) is 3.94. The van der Waals surface area contributed by atoms with Gasteiger partial charge in [-0.1, -0.05) is 11.6 Å². The molecular weight excluding hydrogens is 413 g/mol. The van der Waals surface area contributed by atoms with Crippen LogP contribution in [0.25, 0.3) is 5.52 Å². The van der Waals surface area contributed by atoms with Crippen LogP contribution in [0.1, 0.15) is 29.8 Å². The molecule has 0 bridgehead atoms. The van der Waals surface area contributed by atoms with E-state index in [1.165, 1.54) is 0 Å². The maximum atomic E-state index is 12.9. The third-order valence-electron chi connectivity index (χ3n) is 4.07. The van der Waals surface area contributed by atoms with Gasteiger partial charge < -0.3 is 4.57 Å². The van der Waals surface area contributed by atoms with Gasteiger partial charge in [-0.05, 0) is 22.4 Å². The van der Waals surface area contributed by atoms with Gasteiger partial charge in [0.25, 0.3) is 0 Å². The highest BCUT2D eigenvalue weighted by atomic mass is 79.9. The van der Waals surface area contributed by atoms with Crippen molar-refractivity contribution in [2.75, 3.05) is 0 Å². The third-order valence-corrected chi connectivity index (χ3v) is 4.90. The molecule has 11 heteroatoms. The van der Waals surface area contributed by atoms with Gasteiger partial charge in [-0.15, -0.1) is 10.2 Å². The maximum absolute atomic E-state index is 12.9. The van der Waals surface area contributed by atoms with E-state index in [0.29, 0.717) is 39.8 Å². The number of aromatic nitrogens is 6. The summed E-state index contributed by atoms with van der Waals surface area (Å²) in [4.78, 5) is 8.49. The summed E-state index contributed by atoms with van der Waals surface area (Å²) in [6.45, 7) is 0.188. The first-order chi connectivity index (χ1) is 11.4. The summed E-state index contributed by atoms with van der Waals surface area (Å²) in [5.41, 5.74) is 0.636. The van der Waals surface area contributed by atoms with Gasteiger partial charge in [-0.25, -0.2) is 9.97 Å². The highest BCUT2D eigenvalue weighted by molar-refractivity contribution is 9.10. The molecule has 0 N–H and O–H groups in total. The Kier molecular flexibility index (Phi) is 3.57. The molecule has 0 amide bonds. The van der Waals surface area contributed by atoms with Crippen LogP contribution in [0.5, 0.6) is 0 Å². The number of imidazole rings is 1. The first-order valence-corrected chi connectivity index (χ1v) is 8.20. The summed E-state index contributed by atoms with van der Waals surface area (Å²) in [5, 5.41) is 7.32. The molecule has 0 spiro atoms. The first-order valence-electron chi connectivity index (χ1n) is 7.03. The highest BCUT2D eigenvalue weighted by Gasteiger charge is 2.40. The quantitative estimate of drug-likeness (QED) is 0.603. The van der Waals surface area contributed by atoms with Crippen LogP contribution in [0.2, 0.25) is 5.15 Å². The van der Waals surface area contributed by atoms with Gasteiger partial charge in [0.05, 0.1) is 0 Å². The van der Waals surface area contributed by atoms with Crippen LogP contribution in [-0.4, -0.2) is 29.1 Å². The zero-order valence-electron chi connectivity index (χ0n) is 11.9. The average molecular weight is 422 g/mol. The molecule has 0 aromatic carbocycles. The Hall–Kier alpha value is -1.68. The molecule has 24 heavy (non-hydrogen) atoms. The van der Waals surface area contributed by atoms with Gasteiger partial charge in [0.2, 0.25) is 5.82 Å². The molecule has 0 fully saturated rings. The molecule has 0 saturated carbocycles. The van der Waals surface area contributed by atoms with Crippen LogP contribution in [0, 0.1) is 0 Å². The van der Waals surface area contributed by atoms with Gasteiger partial charge >= 0.3 is 6.18 Å². The van der Waals surface area contributed by atoms with E-state index >= 15 is 0 Å². The molecule has 0 saturated heterocycles. The van der Waals surface area contributed by atoms with E-state index in [1.54, 1.807) is 16.8 Å². The molecule has 1 atom stereocenters. The van der Waals surface area contributed by atoms with Crippen LogP contribution >= 0.6 is 27.5 Å². The van der Waals surface area contributed by atoms with Crippen molar-refractivity contribution in [3.63, 3.8) is 0 Å². The van der Waals surface area contributed by atoms with Crippen LogP contribution in [0.3, 0.4) is 0 Å². The monoisotopic (exact) mass is 420 g/mol. The number of halogens is 5. The van der Waals surface area contributed by atoms with Crippen molar-refractivity contribution in [2.24, 2.45) is 0 Å². The summed E-state index contributed by atoms with van der Waals surface area (Å²) < 4.78 is 42.2. The van der Waals surface area contributed by atoms with E-state index in [9.17, 15) is 13.2 Å². The lowest BCUT2D eigenvalue weighted by Crippen LogP contribution is -2.24. The number of nitrogens with zero attached hydrogens (tertiary/aromatic N) is 6. The largest absolute Gasteiger partial charge is 0.451 e. The molecule has 4 rings (SSSR count). The van der Waals surface area contributed by atoms with Crippen LogP contribution < -0.4 is 0 Å². The maximum Gasteiger partial charge on any atom is 0.451 e. The van der Waals surface area contributed by atoms with Gasteiger partial charge in [-0.3, -0.25) is 4.40 Å². The lowest BCUT2D eigenvalue weighted by molar-refractivity contribution is -0.147. The summed E-state index contributed by atoms with van der Waals surface area (Å²) in [6.07, 6.45) is -0.386. The Labute approximate surface area is 146 Å². The van der Waals surface area contributed by atoms with Gasteiger partial charge in [-0.2, -0.15) is 13.2 Å². The Morgan fingerprint density at radius 1 is 1.29 bits per heavy atom. The molecule has 3 aromatic rings. The minimum absolute atomic E-state index is 0.0833. The number of alkyl halides is 3. The summed E-state index contributed by atoms with van der Waals surface area (Å²) in [5.74, 6) is -0.00649. The zero-order valence-corrected chi connectivity index (χ0v) is 14.3. The predicted molar refractivity (Wildman–Crippen MR) is 81.8 cm³/mol. The van der Waals surface area contributed by atoms with E-state index in [4.69, 9.17) is 11.6 Å². The fraction of sp³-hybridized carbons (Fsp3) is 0.385. The van der Waals surface area contributed by atoms with E-state index in [1.807, 2.05) is 0 Å². The molecule has 1 unspecified atom stereocenters. The molecule has 0 radical (unpaired) electrons. The number of fused-ring (bicyclic) bond motifs is 2. The lowest BCUT2D eigenvalue weighted by Gasteiger charge is -2.23. The Morgan fingerprint density at radius 3 is 2.83 bits per heavy atom. The zero-order chi connectivity index (χ0) is 17.1. The molecule has 126 valence electrons. The third kappa shape index (κ3) is 2.39. The Morgan fingerprint density at radius 2 is 2.08 bits per heavy atom. The summed E-state index contributed by atoms with van der Waals surface area (Å²) in [7, 11) is 0. The molecule has 3 aromatic heterocycles. The van der Waals surface area contributed by atoms with E-state index in [2.05, 4.69) is 36.1 Å². The predicted octanol–water partition coefficient (Wildman–Crippen LogP) is 3.49. The molecular formula is C13H9BrClF3N6. The van der Waals surface area contributed by atoms with E-state index in [0.717, 1.165) is 4.57 Å². The number of hydrogen-bond donors (Lipinski definition) is 0. The van der Waals surface area contributed by atoms with Gasteiger partial charge in [0, 0.05) is 31.3 Å². The van der Waals surface area contributed by atoms with E-state index < -0.39 is 12.0 Å². The number of hydrogen-bond acceptors (Lipinski definition) is 4. The molecule has 1 aliphatic rings. The average Bonchev–Trinajstić information content (AvgIpc) is 3.08. The minimum Gasteiger partial charge on any atom is -0.307 e.